The molecular weight excluding hydrogens is 572 g/mol. The number of hydroxylamine groups is 1. The highest BCUT2D eigenvalue weighted by Gasteiger charge is 2.34. The Balaban J connectivity index is 2.36. The number of aliphatic carboxylic acids is 1. The van der Waals surface area contributed by atoms with Gasteiger partial charge in [0.2, 0.25) is 17.7 Å². The Labute approximate surface area is 245 Å². The minimum absolute atomic E-state index is 0.0315. The van der Waals surface area contributed by atoms with E-state index >= 15 is 0 Å². The predicted molar refractivity (Wildman–Crippen MR) is 145 cm³/mol. The first kappa shape index (κ1) is 33.8. The van der Waals surface area contributed by atoms with Crippen LogP contribution >= 0.6 is 0 Å². The van der Waals surface area contributed by atoms with Crippen molar-refractivity contribution in [2.24, 2.45) is 5.73 Å². The van der Waals surface area contributed by atoms with Crippen molar-refractivity contribution in [1.82, 2.24) is 21.4 Å². The van der Waals surface area contributed by atoms with E-state index < -0.39 is 70.9 Å². The summed E-state index contributed by atoms with van der Waals surface area (Å²) in [6.07, 6.45) is 5.66. The van der Waals surface area contributed by atoms with Crippen LogP contribution in [0.3, 0.4) is 0 Å². The molecule has 230 valence electrons. The van der Waals surface area contributed by atoms with Crippen LogP contribution in [0.1, 0.15) is 49.4 Å². The SMILES string of the molecule is C#CC#COONCCCCC1NC(=O)C(CCC(=O)O)NC(=O)c2cc([N+](=O)[O-])ccc2OC(C)[C@H](C(N)=O)NC1=O. The number of nitrogens with zero attached hydrogens (tertiary/aromatic N) is 1. The van der Waals surface area contributed by atoms with E-state index in [1.807, 2.05) is 5.92 Å². The van der Waals surface area contributed by atoms with Gasteiger partial charge in [0.1, 0.15) is 30.0 Å². The number of rotatable bonds is 12. The van der Waals surface area contributed by atoms with Gasteiger partial charge in [-0.25, -0.2) is 0 Å². The Bertz CT molecular complexity index is 1330. The summed E-state index contributed by atoms with van der Waals surface area (Å²) in [7, 11) is 0. The highest BCUT2D eigenvalue weighted by Crippen LogP contribution is 2.26. The molecule has 0 fully saturated rings. The van der Waals surface area contributed by atoms with Crippen LogP contribution in [0.4, 0.5) is 5.69 Å². The zero-order chi connectivity index (χ0) is 31.9. The zero-order valence-corrected chi connectivity index (χ0v) is 22.9. The number of nitro benzene ring substituents is 1. The maximum absolute atomic E-state index is 13.3. The summed E-state index contributed by atoms with van der Waals surface area (Å²) < 4.78 is 5.74. The molecule has 1 aromatic rings. The molecule has 1 aliphatic rings. The average Bonchev–Trinajstić information content (AvgIpc) is 2.95. The highest BCUT2D eigenvalue weighted by molar-refractivity contribution is 6.01. The fourth-order valence-corrected chi connectivity index (χ4v) is 3.86. The molecule has 2 rings (SSSR count). The molecule has 0 aromatic heterocycles. The molecule has 1 heterocycles. The number of nitro groups is 1. The number of non-ortho nitro benzene ring substituents is 1. The van der Waals surface area contributed by atoms with Gasteiger partial charge in [-0.1, -0.05) is 4.99 Å². The van der Waals surface area contributed by atoms with Gasteiger partial charge in [-0.3, -0.25) is 39.0 Å². The number of hydrogen-bond acceptors (Lipinski definition) is 11. The van der Waals surface area contributed by atoms with E-state index in [2.05, 4.69) is 43.3 Å². The van der Waals surface area contributed by atoms with E-state index in [0.29, 0.717) is 12.8 Å². The zero-order valence-electron chi connectivity index (χ0n) is 22.9. The van der Waals surface area contributed by atoms with Crippen LogP contribution in [0, 0.1) is 34.5 Å². The van der Waals surface area contributed by atoms with Crippen molar-refractivity contribution in [3.63, 3.8) is 0 Å². The van der Waals surface area contributed by atoms with E-state index in [9.17, 15) is 34.1 Å². The van der Waals surface area contributed by atoms with Crippen LogP contribution in [0.5, 0.6) is 5.75 Å². The molecule has 0 radical (unpaired) electrons. The summed E-state index contributed by atoms with van der Waals surface area (Å²) in [5.41, 5.74) is 7.10. The van der Waals surface area contributed by atoms with Gasteiger partial charge in [-0.2, -0.15) is 5.48 Å². The summed E-state index contributed by atoms with van der Waals surface area (Å²) in [4.78, 5) is 82.9. The number of primary amides is 1. The highest BCUT2D eigenvalue weighted by atomic mass is 17.3. The Morgan fingerprint density at radius 3 is 2.51 bits per heavy atom. The van der Waals surface area contributed by atoms with E-state index in [-0.39, 0.29) is 30.7 Å². The summed E-state index contributed by atoms with van der Waals surface area (Å²) in [6.45, 7) is 1.61. The Morgan fingerprint density at radius 2 is 1.86 bits per heavy atom. The molecule has 0 saturated carbocycles. The van der Waals surface area contributed by atoms with E-state index in [1.165, 1.54) is 6.92 Å². The number of carbonyl (C=O) groups excluding carboxylic acids is 4. The average molecular weight is 603 g/mol. The number of amides is 4. The van der Waals surface area contributed by atoms with Gasteiger partial charge in [-0.15, -0.1) is 6.42 Å². The molecule has 3 unspecified atom stereocenters. The Hall–Kier alpha value is -5.39. The molecule has 7 N–H and O–H groups in total. The van der Waals surface area contributed by atoms with E-state index in [1.54, 1.807) is 0 Å². The molecule has 17 nitrogen and oxygen atoms in total. The summed E-state index contributed by atoms with van der Waals surface area (Å²) in [5, 5.41) is 27.8. The Morgan fingerprint density at radius 1 is 1.16 bits per heavy atom. The lowest BCUT2D eigenvalue weighted by atomic mass is 10.0. The number of nitrogens with two attached hydrogens (primary N) is 1. The van der Waals surface area contributed by atoms with Crippen molar-refractivity contribution in [3.8, 4) is 30.1 Å². The molecule has 0 spiro atoms. The molecule has 4 amide bonds. The molecule has 1 aliphatic heterocycles. The molecule has 0 aliphatic carbocycles. The molecule has 1 aromatic carbocycles. The first-order valence-corrected chi connectivity index (χ1v) is 12.8. The van der Waals surface area contributed by atoms with Crippen molar-refractivity contribution < 1.29 is 48.6 Å². The number of fused-ring (bicyclic) bond motifs is 1. The van der Waals surface area contributed by atoms with E-state index in [0.717, 1.165) is 18.2 Å². The van der Waals surface area contributed by atoms with Crippen molar-refractivity contribution >= 4 is 35.3 Å². The number of hydrogen-bond donors (Lipinski definition) is 6. The lowest BCUT2D eigenvalue weighted by molar-refractivity contribution is -0.384. The van der Waals surface area contributed by atoms with Crippen molar-refractivity contribution in [1.29, 1.82) is 0 Å². The number of terminal acetylenes is 1. The van der Waals surface area contributed by atoms with Gasteiger partial charge < -0.3 is 31.5 Å². The predicted octanol–water partition coefficient (Wildman–Crippen LogP) is -0.989. The first-order valence-electron chi connectivity index (χ1n) is 12.8. The van der Waals surface area contributed by atoms with Gasteiger partial charge in [0.05, 0.1) is 10.5 Å². The third-order valence-electron chi connectivity index (χ3n) is 5.99. The number of carboxylic acids is 1. The quantitative estimate of drug-likeness (QED) is 0.0555. The maximum atomic E-state index is 13.3. The molecule has 43 heavy (non-hydrogen) atoms. The normalized spacial score (nSPS) is 20.3. The van der Waals surface area contributed by atoms with Crippen molar-refractivity contribution in [2.45, 2.75) is 63.3 Å². The van der Waals surface area contributed by atoms with Crippen LogP contribution in [0.15, 0.2) is 18.2 Å². The smallest absolute Gasteiger partial charge is 0.303 e. The third-order valence-corrected chi connectivity index (χ3v) is 5.99. The lowest BCUT2D eigenvalue weighted by Crippen LogP contribution is -2.58. The van der Waals surface area contributed by atoms with Gasteiger partial charge >= 0.3 is 5.97 Å². The van der Waals surface area contributed by atoms with Crippen LogP contribution in [-0.4, -0.2) is 70.4 Å². The van der Waals surface area contributed by atoms with Gasteiger partial charge in [0.25, 0.3) is 11.6 Å². The standard InChI is InChI=1S/C26H30N6O11/c1-3-4-13-41-43-28-12-6-5-7-18-26(38)31-22(23(27)35)15(2)42-20-10-8-16(32(39)40)14-17(20)24(36)29-19(25(37)30-18)9-11-21(33)34/h1,8,10,14-15,18-19,22,28H,5-7,9,11-12H2,2H3,(H2,27,35)(H,29,36)(H,30,37)(H,31,38)(H,33,34)/t15?,18?,19?,22-/m1/s1. The maximum Gasteiger partial charge on any atom is 0.303 e. The minimum atomic E-state index is -1.47. The number of unbranched alkanes of at least 4 members (excludes halogenated alkanes) is 1. The van der Waals surface area contributed by atoms with Gasteiger partial charge in [0, 0.05) is 31.0 Å². The Kier molecular flexibility index (Phi) is 13.2. The van der Waals surface area contributed by atoms with Gasteiger partial charge in [-0.05, 0) is 44.6 Å². The molecule has 0 bridgehead atoms. The lowest BCUT2D eigenvalue weighted by Gasteiger charge is -2.26. The summed E-state index contributed by atoms with van der Waals surface area (Å²) >= 11 is 0. The fraction of sp³-hybridized carbons (Fsp3) is 0.423. The van der Waals surface area contributed by atoms with Crippen LogP contribution in [0.2, 0.25) is 0 Å². The summed E-state index contributed by atoms with van der Waals surface area (Å²) in [6, 6.07) is -1.10. The van der Waals surface area contributed by atoms with E-state index in [4.69, 9.17) is 22.0 Å². The second-order valence-corrected chi connectivity index (χ2v) is 9.10. The number of carbonyl (C=O) groups is 5. The first-order chi connectivity index (χ1) is 20.4. The number of nitrogens with one attached hydrogen (secondary N) is 4. The molecule has 4 atom stereocenters. The second kappa shape index (κ2) is 16.8. The van der Waals surface area contributed by atoms with Crippen molar-refractivity contribution in [2.75, 3.05) is 6.54 Å². The monoisotopic (exact) mass is 602 g/mol. The molecular formula is C26H30N6O11. The summed E-state index contributed by atoms with van der Waals surface area (Å²) in [5.74, 6) is -1.02. The van der Waals surface area contributed by atoms with Crippen LogP contribution in [0.25, 0.3) is 0 Å². The topological polar surface area (TPSA) is 251 Å². The second-order valence-electron chi connectivity index (χ2n) is 9.10. The number of benzene rings is 1. The van der Waals surface area contributed by atoms with Crippen LogP contribution in [-0.2, 0) is 29.1 Å². The molecule has 0 saturated heterocycles. The van der Waals surface area contributed by atoms with Crippen LogP contribution < -0.4 is 31.9 Å². The van der Waals surface area contributed by atoms with Gasteiger partial charge in [0.15, 0.2) is 6.11 Å². The number of carboxylic acid groups (broad SMARTS) is 1. The number of ether oxygens (including phenoxy) is 1. The fourth-order valence-electron chi connectivity index (χ4n) is 3.86. The largest absolute Gasteiger partial charge is 0.487 e. The third kappa shape index (κ3) is 10.8. The molecule has 17 heteroatoms. The van der Waals surface area contributed by atoms with Crippen molar-refractivity contribution in [3.05, 3.63) is 33.9 Å². The minimum Gasteiger partial charge on any atom is -0.487 e.